The third-order valence-electron chi connectivity index (χ3n) is 7.91. The zero-order chi connectivity index (χ0) is 36.5. The molecule has 51 heavy (non-hydrogen) atoms. The second-order valence-electron chi connectivity index (χ2n) is 11.9. The lowest BCUT2D eigenvalue weighted by atomic mass is 10.1. The smallest absolute Gasteiger partial charge is 0.412 e. The minimum Gasteiger partial charge on any atom is -0.460 e. The summed E-state index contributed by atoms with van der Waals surface area (Å²) in [6, 6.07) is 20.5. The number of ether oxygens (including phenoxy) is 3. The zero-order valence-corrected chi connectivity index (χ0v) is 30.3. The number of rotatable bonds is 14. The van der Waals surface area contributed by atoms with Crippen LogP contribution in [0, 0.1) is 12.8 Å². The van der Waals surface area contributed by atoms with E-state index in [4.69, 9.17) is 14.2 Å². The molecule has 0 aliphatic carbocycles. The van der Waals surface area contributed by atoms with Gasteiger partial charge in [0.05, 0.1) is 34.0 Å². The van der Waals surface area contributed by atoms with Crippen LogP contribution in [0.3, 0.4) is 0 Å². The fourth-order valence-electron chi connectivity index (χ4n) is 5.32. The maximum Gasteiger partial charge on any atom is 0.412 e. The van der Waals surface area contributed by atoms with Crippen molar-refractivity contribution in [3.05, 3.63) is 95.6 Å². The molecule has 2 N–H and O–H groups in total. The van der Waals surface area contributed by atoms with Gasteiger partial charge < -0.3 is 24.8 Å². The lowest BCUT2D eigenvalue weighted by Gasteiger charge is -2.28. The van der Waals surface area contributed by atoms with E-state index in [1.165, 1.54) is 40.5 Å². The average Bonchev–Trinajstić information content (AvgIpc) is 3.64. The first-order valence-corrected chi connectivity index (χ1v) is 18.3. The number of hydrogen-bond donors (Lipinski definition) is 2. The molecule has 3 aromatic rings. The van der Waals surface area contributed by atoms with E-state index in [1.807, 2.05) is 67.6 Å². The molecule has 1 fully saturated rings. The van der Waals surface area contributed by atoms with Gasteiger partial charge in [0.1, 0.15) is 18.3 Å². The van der Waals surface area contributed by atoms with E-state index in [1.54, 1.807) is 13.0 Å². The molecule has 0 aromatic heterocycles. The van der Waals surface area contributed by atoms with Gasteiger partial charge in [0, 0.05) is 12.1 Å². The van der Waals surface area contributed by atoms with Crippen molar-refractivity contribution >= 4 is 53.5 Å². The SMILES string of the molecule is C=C(C)C(=O)OCCNC(=O)Oc1c(C)cc(OC(=O)NCCCC)c2c1SC(C1C(=O)N(Cc3ccccc3)N(Cc3ccccc3)C1=O)S2. The molecule has 1 unspecified atom stereocenters. The van der Waals surface area contributed by atoms with Gasteiger partial charge in [-0.05, 0) is 43.0 Å². The Balaban J connectivity index is 1.41. The van der Waals surface area contributed by atoms with E-state index < -0.39 is 28.7 Å². The van der Waals surface area contributed by atoms with Crippen molar-refractivity contribution in [3.8, 4) is 11.5 Å². The average molecular weight is 733 g/mol. The van der Waals surface area contributed by atoms with E-state index in [-0.39, 0.29) is 55.1 Å². The first-order chi connectivity index (χ1) is 24.6. The fraction of sp³-hybridized carbons (Fsp3) is 0.324. The third-order valence-corrected chi connectivity index (χ3v) is 10.9. The molecule has 0 spiro atoms. The predicted molar refractivity (Wildman–Crippen MR) is 193 cm³/mol. The van der Waals surface area contributed by atoms with Crippen LogP contribution in [-0.4, -0.2) is 64.3 Å². The van der Waals surface area contributed by atoms with E-state index in [2.05, 4.69) is 17.2 Å². The van der Waals surface area contributed by atoms with Crippen molar-refractivity contribution in [2.75, 3.05) is 19.7 Å². The molecule has 0 bridgehead atoms. The molecule has 0 radical (unpaired) electrons. The highest BCUT2D eigenvalue weighted by Crippen LogP contribution is 2.59. The van der Waals surface area contributed by atoms with Gasteiger partial charge in [-0.15, -0.1) is 23.5 Å². The zero-order valence-electron chi connectivity index (χ0n) is 28.6. The van der Waals surface area contributed by atoms with Crippen molar-refractivity contribution in [2.24, 2.45) is 5.92 Å². The standard InChI is InChI=1S/C37H40N4O8S2/c1-5-6-17-38-36(45)48-27-20-24(4)29(49-37(46)39-18-19-47-34(44)23(2)3)31-30(27)50-35(51-31)28-32(42)40(21-25-13-9-7-10-14-25)41(33(28)43)22-26-15-11-8-12-16-26/h7-16,20,28,35H,2,5-6,17-19,21-22H2,1,3-4H3,(H,38,45)(H,39,46). The largest absolute Gasteiger partial charge is 0.460 e. The van der Waals surface area contributed by atoms with Gasteiger partial charge in [-0.2, -0.15) is 0 Å². The number of fused-ring (bicyclic) bond motifs is 1. The lowest BCUT2D eigenvalue weighted by Crippen LogP contribution is -2.39. The van der Waals surface area contributed by atoms with Gasteiger partial charge in [0.2, 0.25) is 0 Å². The molecule has 2 heterocycles. The Hall–Kier alpha value is -4.95. The second-order valence-corrected chi connectivity index (χ2v) is 14.5. The highest BCUT2D eigenvalue weighted by molar-refractivity contribution is 8.19. The van der Waals surface area contributed by atoms with Crippen molar-refractivity contribution in [3.63, 3.8) is 0 Å². The number of hydrogen-bond acceptors (Lipinski definition) is 10. The summed E-state index contributed by atoms with van der Waals surface area (Å²) in [5.41, 5.74) is 2.45. The van der Waals surface area contributed by atoms with Crippen LogP contribution in [-0.2, 0) is 32.2 Å². The molecule has 1 saturated heterocycles. The molecule has 4 amide bonds. The summed E-state index contributed by atoms with van der Waals surface area (Å²) in [5, 5.41) is 8.28. The number of unbranched alkanes of at least 4 members (excludes halogenated alkanes) is 1. The number of benzene rings is 3. The third kappa shape index (κ3) is 9.24. The summed E-state index contributed by atoms with van der Waals surface area (Å²) in [6.45, 7) is 9.49. The molecule has 1 atom stereocenters. The van der Waals surface area contributed by atoms with Crippen molar-refractivity contribution < 1.29 is 38.2 Å². The number of aryl methyl sites for hydroxylation is 1. The van der Waals surface area contributed by atoms with Crippen LogP contribution >= 0.6 is 23.5 Å². The molecular formula is C37H40N4O8S2. The normalized spacial score (nSPS) is 15.4. The number of hydrazine groups is 1. The van der Waals surface area contributed by atoms with Gasteiger partial charge in [0.25, 0.3) is 11.8 Å². The van der Waals surface area contributed by atoms with Crippen LogP contribution in [0.2, 0.25) is 0 Å². The molecule has 5 rings (SSSR count). The summed E-state index contributed by atoms with van der Waals surface area (Å²) in [7, 11) is 0. The summed E-state index contributed by atoms with van der Waals surface area (Å²) in [4.78, 5) is 66.8. The Bertz CT molecular complexity index is 1730. The number of thioether (sulfide) groups is 2. The first-order valence-electron chi connectivity index (χ1n) is 16.5. The van der Waals surface area contributed by atoms with Gasteiger partial charge in [0.15, 0.2) is 5.75 Å². The van der Waals surface area contributed by atoms with E-state index in [0.29, 0.717) is 21.9 Å². The van der Waals surface area contributed by atoms with E-state index >= 15 is 0 Å². The fourth-order valence-corrected chi connectivity index (χ4v) is 8.52. The highest BCUT2D eigenvalue weighted by Gasteiger charge is 2.52. The topological polar surface area (TPSA) is 144 Å². The second kappa shape index (κ2) is 17.3. The van der Waals surface area contributed by atoms with Crippen molar-refractivity contribution in [1.82, 2.24) is 20.7 Å². The number of nitrogens with one attached hydrogen (secondary N) is 2. The van der Waals surface area contributed by atoms with Crippen LogP contribution in [0.15, 0.2) is 88.7 Å². The van der Waals surface area contributed by atoms with Crippen LogP contribution in [0.25, 0.3) is 0 Å². The molecule has 12 nitrogen and oxygen atoms in total. The van der Waals surface area contributed by atoms with Crippen LogP contribution in [0.5, 0.6) is 11.5 Å². The van der Waals surface area contributed by atoms with Gasteiger partial charge in [-0.1, -0.05) is 80.6 Å². The minimum absolute atomic E-state index is 0.0116. The number of esters is 1. The Labute approximate surface area is 305 Å². The Morgan fingerprint density at radius 1 is 0.824 bits per heavy atom. The summed E-state index contributed by atoms with van der Waals surface area (Å²) in [6.07, 6.45) is 0.214. The van der Waals surface area contributed by atoms with Crippen LogP contribution < -0.4 is 20.1 Å². The summed E-state index contributed by atoms with van der Waals surface area (Å²) in [5.74, 6) is -1.97. The molecule has 0 saturated carbocycles. The Morgan fingerprint density at radius 3 is 1.94 bits per heavy atom. The minimum atomic E-state index is -1.09. The molecule has 2 aliphatic rings. The molecule has 14 heteroatoms. The monoisotopic (exact) mass is 732 g/mol. The van der Waals surface area contributed by atoms with E-state index in [9.17, 15) is 24.0 Å². The predicted octanol–water partition coefficient (Wildman–Crippen LogP) is 6.22. The van der Waals surface area contributed by atoms with Crippen LogP contribution in [0.4, 0.5) is 9.59 Å². The number of amides is 4. The molecular weight excluding hydrogens is 693 g/mol. The van der Waals surface area contributed by atoms with Gasteiger partial charge in [-0.25, -0.2) is 24.4 Å². The van der Waals surface area contributed by atoms with Gasteiger partial charge in [-0.3, -0.25) is 9.59 Å². The van der Waals surface area contributed by atoms with Crippen molar-refractivity contribution in [2.45, 2.75) is 61.1 Å². The summed E-state index contributed by atoms with van der Waals surface area (Å²) >= 11 is 2.43. The highest BCUT2D eigenvalue weighted by atomic mass is 32.2. The molecule has 3 aromatic carbocycles. The van der Waals surface area contributed by atoms with E-state index in [0.717, 1.165) is 24.0 Å². The number of carbonyl (C=O) groups excluding carboxylic acids is 5. The van der Waals surface area contributed by atoms with Gasteiger partial charge >= 0.3 is 18.2 Å². The first kappa shape index (κ1) is 37.3. The lowest BCUT2D eigenvalue weighted by molar-refractivity contribution is -0.149. The molecule has 268 valence electrons. The Morgan fingerprint density at radius 2 is 1.37 bits per heavy atom. The summed E-state index contributed by atoms with van der Waals surface area (Å²) < 4.78 is 15.9. The van der Waals surface area contributed by atoms with Crippen molar-refractivity contribution in [1.29, 1.82) is 0 Å². The maximum atomic E-state index is 14.2. The molecule has 2 aliphatic heterocycles. The maximum absolute atomic E-state index is 14.2. The Kier molecular flexibility index (Phi) is 12.7. The van der Waals surface area contributed by atoms with Crippen LogP contribution in [0.1, 0.15) is 43.4 Å². The quantitative estimate of drug-likeness (QED) is 0.0849. The number of carbonyl (C=O) groups is 5. The number of nitrogens with zero attached hydrogens (tertiary/aromatic N) is 2.